The molecule has 0 radical (unpaired) electrons. The maximum atomic E-state index is 6.01. The van der Waals surface area contributed by atoms with E-state index in [-0.39, 0.29) is 0 Å². The quantitative estimate of drug-likeness (QED) is 0.854. The van der Waals surface area contributed by atoms with Crippen molar-refractivity contribution in [3.05, 3.63) is 28.0 Å². The Kier molecular flexibility index (Phi) is 2.65. The van der Waals surface area contributed by atoms with E-state index in [1.165, 1.54) is 11.3 Å². The van der Waals surface area contributed by atoms with Crippen LogP contribution in [0.4, 0.5) is 5.95 Å². The van der Waals surface area contributed by atoms with Crippen molar-refractivity contribution in [2.24, 2.45) is 0 Å². The first kappa shape index (κ1) is 9.43. The highest BCUT2D eigenvalue weighted by molar-refractivity contribution is 7.15. The molecular weight excluding hydrogens is 218 g/mol. The van der Waals surface area contributed by atoms with Crippen LogP contribution < -0.4 is 5.32 Å². The van der Waals surface area contributed by atoms with E-state index in [0.29, 0.717) is 5.95 Å². The number of thiophene rings is 1. The van der Waals surface area contributed by atoms with Crippen molar-refractivity contribution in [3.8, 4) is 11.3 Å². The topological polar surface area (TPSA) is 37.8 Å². The Morgan fingerprint density at radius 2 is 2.29 bits per heavy atom. The standard InChI is InChI=1S/C9H8ClN3S/c1-11-9-12-4-2-7(13-9)6-3-5-14-8(6)10/h2-5H,1H3,(H,11,12,13). The van der Waals surface area contributed by atoms with Crippen LogP contribution in [-0.4, -0.2) is 17.0 Å². The van der Waals surface area contributed by atoms with E-state index < -0.39 is 0 Å². The van der Waals surface area contributed by atoms with Crippen molar-refractivity contribution < 1.29 is 0 Å². The zero-order valence-corrected chi connectivity index (χ0v) is 9.06. The number of hydrogen-bond donors (Lipinski definition) is 1. The number of hydrogen-bond acceptors (Lipinski definition) is 4. The highest BCUT2D eigenvalue weighted by Crippen LogP contribution is 2.31. The van der Waals surface area contributed by atoms with Gasteiger partial charge in [0.1, 0.15) is 4.34 Å². The molecule has 2 aromatic heterocycles. The van der Waals surface area contributed by atoms with Crippen LogP contribution in [-0.2, 0) is 0 Å². The van der Waals surface area contributed by atoms with Crippen molar-refractivity contribution >= 4 is 28.9 Å². The van der Waals surface area contributed by atoms with E-state index in [1.54, 1.807) is 13.2 Å². The van der Waals surface area contributed by atoms with Gasteiger partial charge in [0.2, 0.25) is 5.95 Å². The molecule has 2 aromatic rings. The molecule has 0 aliphatic heterocycles. The molecular formula is C9H8ClN3S. The lowest BCUT2D eigenvalue weighted by Crippen LogP contribution is -1.96. The van der Waals surface area contributed by atoms with Crippen LogP contribution in [0.5, 0.6) is 0 Å². The maximum Gasteiger partial charge on any atom is 0.222 e. The number of nitrogens with zero attached hydrogens (tertiary/aromatic N) is 2. The number of anilines is 1. The van der Waals surface area contributed by atoms with Crippen LogP contribution in [0, 0.1) is 0 Å². The van der Waals surface area contributed by atoms with Gasteiger partial charge in [-0.1, -0.05) is 11.6 Å². The third-order valence-electron chi connectivity index (χ3n) is 1.77. The first-order chi connectivity index (χ1) is 6.81. The zero-order valence-electron chi connectivity index (χ0n) is 7.49. The Labute approximate surface area is 90.8 Å². The number of nitrogens with one attached hydrogen (secondary N) is 1. The smallest absolute Gasteiger partial charge is 0.222 e. The summed E-state index contributed by atoms with van der Waals surface area (Å²) in [4.78, 5) is 8.33. The number of rotatable bonds is 2. The van der Waals surface area contributed by atoms with E-state index in [4.69, 9.17) is 11.6 Å². The van der Waals surface area contributed by atoms with Gasteiger partial charge in [0.15, 0.2) is 0 Å². The Morgan fingerprint density at radius 1 is 1.43 bits per heavy atom. The molecule has 1 N–H and O–H groups in total. The second-order valence-corrected chi connectivity index (χ2v) is 4.14. The molecule has 0 saturated heterocycles. The van der Waals surface area contributed by atoms with Crippen LogP contribution in [0.15, 0.2) is 23.7 Å². The average Bonchev–Trinajstić information content (AvgIpc) is 2.65. The maximum absolute atomic E-state index is 6.01. The molecule has 0 aliphatic rings. The summed E-state index contributed by atoms with van der Waals surface area (Å²) < 4.78 is 0.755. The second-order valence-electron chi connectivity index (χ2n) is 2.62. The van der Waals surface area contributed by atoms with E-state index in [2.05, 4.69) is 15.3 Å². The first-order valence-corrected chi connectivity index (χ1v) is 5.31. The van der Waals surface area contributed by atoms with Gasteiger partial charge in [-0.25, -0.2) is 9.97 Å². The molecule has 2 rings (SSSR count). The van der Waals surface area contributed by atoms with E-state index >= 15 is 0 Å². The summed E-state index contributed by atoms with van der Waals surface area (Å²) in [6.45, 7) is 0. The van der Waals surface area contributed by atoms with E-state index in [0.717, 1.165) is 15.6 Å². The summed E-state index contributed by atoms with van der Waals surface area (Å²) in [6.07, 6.45) is 1.71. The third-order valence-corrected chi connectivity index (χ3v) is 2.94. The fraction of sp³-hybridized carbons (Fsp3) is 0.111. The van der Waals surface area contributed by atoms with Gasteiger partial charge in [-0.3, -0.25) is 0 Å². The van der Waals surface area contributed by atoms with Crippen molar-refractivity contribution in [2.75, 3.05) is 12.4 Å². The molecule has 0 aromatic carbocycles. The Hall–Kier alpha value is -1.13. The molecule has 0 bridgehead atoms. The Bertz CT molecular complexity index is 441. The third kappa shape index (κ3) is 1.71. The van der Waals surface area contributed by atoms with Gasteiger partial charge in [0, 0.05) is 18.8 Å². The zero-order chi connectivity index (χ0) is 9.97. The lowest BCUT2D eigenvalue weighted by molar-refractivity contribution is 1.16. The van der Waals surface area contributed by atoms with Crippen LogP contribution in [0.1, 0.15) is 0 Å². The molecule has 0 atom stereocenters. The predicted octanol–water partition coefficient (Wildman–Crippen LogP) is 2.90. The van der Waals surface area contributed by atoms with Crippen LogP contribution in [0.2, 0.25) is 4.34 Å². The molecule has 3 nitrogen and oxygen atoms in total. The number of halogens is 1. The molecule has 0 aliphatic carbocycles. The summed E-state index contributed by atoms with van der Waals surface area (Å²) in [6, 6.07) is 3.80. The SMILES string of the molecule is CNc1nccc(-c2ccsc2Cl)n1. The molecule has 0 saturated carbocycles. The van der Waals surface area contributed by atoms with Gasteiger partial charge >= 0.3 is 0 Å². The fourth-order valence-corrected chi connectivity index (χ4v) is 2.04. The highest BCUT2D eigenvalue weighted by atomic mass is 35.5. The summed E-state index contributed by atoms with van der Waals surface area (Å²) >= 11 is 7.50. The largest absolute Gasteiger partial charge is 0.357 e. The second kappa shape index (κ2) is 3.94. The fourth-order valence-electron chi connectivity index (χ4n) is 1.11. The van der Waals surface area contributed by atoms with Gasteiger partial charge in [0.05, 0.1) is 5.69 Å². The van der Waals surface area contributed by atoms with Gasteiger partial charge in [-0.2, -0.15) is 0 Å². The minimum Gasteiger partial charge on any atom is -0.357 e. The van der Waals surface area contributed by atoms with Gasteiger partial charge < -0.3 is 5.32 Å². The summed E-state index contributed by atoms with van der Waals surface area (Å²) in [5.74, 6) is 0.602. The van der Waals surface area contributed by atoms with Gasteiger partial charge in [-0.05, 0) is 17.5 Å². The normalized spacial score (nSPS) is 10.1. The molecule has 2 heterocycles. The molecule has 0 unspecified atom stereocenters. The predicted molar refractivity (Wildman–Crippen MR) is 59.9 cm³/mol. The Morgan fingerprint density at radius 3 is 2.93 bits per heavy atom. The lowest BCUT2D eigenvalue weighted by atomic mass is 10.2. The monoisotopic (exact) mass is 225 g/mol. The average molecular weight is 226 g/mol. The van der Waals surface area contributed by atoms with Gasteiger partial charge in [-0.15, -0.1) is 11.3 Å². The molecule has 5 heteroatoms. The summed E-state index contributed by atoms with van der Waals surface area (Å²) in [7, 11) is 1.79. The highest BCUT2D eigenvalue weighted by Gasteiger charge is 2.06. The van der Waals surface area contributed by atoms with Crippen molar-refractivity contribution in [3.63, 3.8) is 0 Å². The van der Waals surface area contributed by atoms with Crippen LogP contribution in [0.3, 0.4) is 0 Å². The molecule has 14 heavy (non-hydrogen) atoms. The minimum atomic E-state index is 0.602. The minimum absolute atomic E-state index is 0.602. The molecule has 0 amide bonds. The molecule has 0 fully saturated rings. The van der Waals surface area contributed by atoms with Crippen molar-refractivity contribution in [2.45, 2.75) is 0 Å². The van der Waals surface area contributed by atoms with Gasteiger partial charge in [0.25, 0.3) is 0 Å². The number of aromatic nitrogens is 2. The van der Waals surface area contributed by atoms with E-state index in [1.807, 2.05) is 17.5 Å². The van der Waals surface area contributed by atoms with Crippen molar-refractivity contribution in [1.82, 2.24) is 9.97 Å². The van der Waals surface area contributed by atoms with Crippen LogP contribution in [0.25, 0.3) is 11.3 Å². The van der Waals surface area contributed by atoms with Crippen LogP contribution >= 0.6 is 22.9 Å². The van der Waals surface area contributed by atoms with E-state index in [9.17, 15) is 0 Å². The Balaban J connectivity index is 2.47. The molecule has 0 spiro atoms. The molecule has 72 valence electrons. The first-order valence-electron chi connectivity index (χ1n) is 4.05. The lowest BCUT2D eigenvalue weighted by Gasteiger charge is -2.01. The summed E-state index contributed by atoms with van der Waals surface area (Å²) in [5, 5.41) is 4.83. The van der Waals surface area contributed by atoms with Crippen molar-refractivity contribution in [1.29, 1.82) is 0 Å². The summed E-state index contributed by atoms with van der Waals surface area (Å²) in [5.41, 5.74) is 1.80.